The van der Waals surface area contributed by atoms with Crippen molar-refractivity contribution in [2.75, 3.05) is 11.3 Å². The van der Waals surface area contributed by atoms with Gasteiger partial charge in [0.2, 0.25) is 0 Å². The number of aliphatic hydroxyl groups is 1. The van der Waals surface area contributed by atoms with Gasteiger partial charge >= 0.3 is 0 Å². The van der Waals surface area contributed by atoms with E-state index in [9.17, 15) is 13.5 Å². The summed E-state index contributed by atoms with van der Waals surface area (Å²) in [6, 6.07) is 44.1. The average Bonchev–Trinajstić information content (AvgIpc) is 3.09. The summed E-state index contributed by atoms with van der Waals surface area (Å²) in [5, 5.41) is 9.59. The van der Waals surface area contributed by atoms with Crippen LogP contribution in [0.25, 0.3) is 0 Å². The van der Waals surface area contributed by atoms with Crippen molar-refractivity contribution in [3.8, 4) is 0 Å². The molecule has 0 radical (unpaired) electrons. The van der Waals surface area contributed by atoms with Gasteiger partial charge in [0.05, 0.1) is 23.7 Å². The molecule has 46 heavy (non-hydrogen) atoms. The highest BCUT2D eigenvalue weighted by Crippen LogP contribution is 2.39. The summed E-state index contributed by atoms with van der Waals surface area (Å²) in [5.74, 6) is 0. The van der Waals surface area contributed by atoms with Gasteiger partial charge in [-0.3, -0.25) is 9.62 Å². The molecule has 0 bridgehead atoms. The molecule has 5 aromatic carbocycles. The van der Waals surface area contributed by atoms with Gasteiger partial charge in [-0.2, -0.15) is 0 Å². The van der Waals surface area contributed by atoms with Crippen molar-refractivity contribution >= 4 is 15.7 Å². The maximum atomic E-state index is 13.1. The van der Waals surface area contributed by atoms with E-state index in [2.05, 4.69) is 58.2 Å². The summed E-state index contributed by atoms with van der Waals surface area (Å²) in [6.45, 7) is 2.15. The zero-order chi connectivity index (χ0) is 31.8. The molecule has 0 aromatic heterocycles. The first-order chi connectivity index (χ1) is 22.4. The molecule has 5 aromatic rings. The minimum atomic E-state index is -3.77. The van der Waals surface area contributed by atoms with E-state index in [0.29, 0.717) is 24.2 Å². The Kier molecular flexibility index (Phi) is 10.2. The Morgan fingerprint density at radius 1 is 0.674 bits per heavy atom. The summed E-state index contributed by atoms with van der Waals surface area (Å²) in [5.41, 5.74) is 5.41. The smallest absolute Gasteiger partial charge is 0.261 e. The van der Waals surface area contributed by atoms with E-state index < -0.39 is 16.3 Å². The van der Waals surface area contributed by atoms with Crippen molar-refractivity contribution < 1.29 is 23.0 Å². The number of aliphatic hydroxyl groups excluding tert-OH is 1. The van der Waals surface area contributed by atoms with E-state index in [1.807, 2.05) is 42.5 Å². The topological polar surface area (TPSA) is 88.1 Å². The number of hydrogen-bond acceptors (Lipinski definition) is 6. The Morgan fingerprint density at radius 3 is 1.89 bits per heavy atom. The fourth-order valence-corrected chi connectivity index (χ4v) is 6.82. The maximum absolute atomic E-state index is 13.1. The lowest BCUT2D eigenvalue weighted by Crippen LogP contribution is -2.39. The molecule has 0 spiro atoms. The Balaban J connectivity index is 1.27. The second-order valence-electron chi connectivity index (χ2n) is 11.5. The predicted molar refractivity (Wildman–Crippen MR) is 179 cm³/mol. The number of benzene rings is 5. The van der Waals surface area contributed by atoms with Crippen LogP contribution in [0, 0.1) is 0 Å². The highest BCUT2D eigenvalue weighted by Gasteiger charge is 2.33. The van der Waals surface area contributed by atoms with Crippen LogP contribution in [0.15, 0.2) is 144 Å². The molecule has 0 saturated carbocycles. The standard InChI is InChI=1S/C38H38N2O5S/c41-28-31-19-21-32(22-20-31)37-24-35(27-40(25-29-11-4-1-5-12-29)26-30-13-6-2-7-14-30)44-38(45-37)33-15-10-16-34(23-33)39-46(42,43)36-17-8-3-9-18-36/h1-23,35,37-39,41H,24-28H2/t35-,37+,38+/m0/s1. The average molecular weight is 635 g/mol. The van der Waals surface area contributed by atoms with Gasteiger partial charge in [-0.15, -0.1) is 0 Å². The van der Waals surface area contributed by atoms with Crippen molar-refractivity contribution in [2.45, 2.75) is 49.5 Å². The van der Waals surface area contributed by atoms with Crippen LogP contribution < -0.4 is 4.72 Å². The molecule has 1 aliphatic rings. The molecule has 2 N–H and O–H groups in total. The van der Waals surface area contributed by atoms with Gasteiger partial charge in [-0.1, -0.05) is 115 Å². The predicted octanol–water partition coefficient (Wildman–Crippen LogP) is 7.23. The second-order valence-corrected chi connectivity index (χ2v) is 13.2. The molecule has 0 aliphatic carbocycles. The van der Waals surface area contributed by atoms with E-state index in [4.69, 9.17) is 9.47 Å². The minimum Gasteiger partial charge on any atom is -0.392 e. The van der Waals surface area contributed by atoms with Gasteiger partial charge in [-0.25, -0.2) is 8.42 Å². The van der Waals surface area contributed by atoms with Crippen LogP contribution in [0.5, 0.6) is 0 Å². The Hall–Kier alpha value is -4.31. The number of ether oxygens (including phenoxy) is 2. The quantitative estimate of drug-likeness (QED) is 0.151. The number of nitrogens with zero attached hydrogens (tertiary/aromatic N) is 1. The normalized spacial score (nSPS) is 18.3. The van der Waals surface area contributed by atoms with E-state index in [-0.39, 0.29) is 23.7 Å². The number of rotatable bonds is 12. The largest absolute Gasteiger partial charge is 0.392 e. The zero-order valence-corrected chi connectivity index (χ0v) is 26.3. The van der Waals surface area contributed by atoms with Crippen molar-refractivity contribution in [2.24, 2.45) is 0 Å². The zero-order valence-electron chi connectivity index (χ0n) is 25.5. The van der Waals surface area contributed by atoms with Gasteiger partial charge in [0.1, 0.15) is 0 Å². The number of sulfonamides is 1. The monoisotopic (exact) mass is 634 g/mol. The first kappa shape index (κ1) is 31.7. The fourth-order valence-electron chi connectivity index (χ4n) is 5.75. The van der Waals surface area contributed by atoms with Crippen LogP contribution >= 0.6 is 0 Å². The summed E-state index contributed by atoms with van der Waals surface area (Å²) < 4.78 is 42.0. The molecule has 1 saturated heterocycles. The van der Waals surface area contributed by atoms with Crippen LogP contribution in [-0.4, -0.2) is 31.1 Å². The van der Waals surface area contributed by atoms with Gasteiger partial charge < -0.3 is 14.6 Å². The molecule has 3 atom stereocenters. The fraction of sp³-hybridized carbons (Fsp3) is 0.211. The molecule has 0 unspecified atom stereocenters. The lowest BCUT2D eigenvalue weighted by Gasteiger charge is -2.38. The first-order valence-electron chi connectivity index (χ1n) is 15.4. The van der Waals surface area contributed by atoms with Gasteiger partial charge in [0.25, 0.3) is 10.0 Å². The van der Waals surface area contributed by atoms with E-state index >= 15 is 0 Å². The number of hydrogen-bond donors (Lipinski definition) is 2. The molecule has 1 aliphatic heterocycles. The number of nitrogens with one attached hydrogen (secondary N) is 1. The van der Waals surface area contributed by atoms with Gasteiger partial charge in [0, 0.05) is 37.3 Å². The summed E-state index contributed by atoms with van der Waals surface area (Å²) >= 11 is 0. The van der Waals surface area contributed by atoms with Crippen LogP contribution in [0.4, 0.5) is 5.69 Å². The molecule has 0 amide bonds. The Labute approximate surface area is 271 Å². The number of anilines is 1. The van der Waals surface area contributed by atoms with Gasteiger partial charge in [0.15, 0.2) is 6.29 Å². The van der Waals surface area contributed by atoms with Crippen molar-refractivity contribution in [3.05, 3.63) is 167 Å². The van der Waals surface area contributed by atoms with Crippen LogP contribution in [0.1, 0.15) is 46.6 Å². The molecule has 8 heteroatoms. The lowest BCUT2D eigenvalue weighted by atomic mass is 9.99. The molecule has 1 heterocycles. The van der Waals surface area contributed by atoms with Crippen LogP contribution in [0.3, 0.4) is 0 Å². The van der Waals surface area contributed by atoms with Crippen LogP contribution in [0.2, 0.25) is 0 Å². The molecule has 6 rings (SSSR count). The van der Waals surface area contributed by atoms with Crippen molar-refractivity contribution in [1.82, 2.24) is 4.90 Å². The highest BCUT2D eigenvalue weighted by molar-refractivity contribution is 7.92. The van der Waals surface area contributed by atoms with E-state index in [1.165, 1.54) is 11.1 Å². The molecular formula is C38H38N2O5S. The Morgan fingerprint density at radius 2 is 1.28 bits per heavy atom. The third-order valence-corrected chi connectivity index (χ3v) is 9.44. The van der Waals surface area contributed by atoms with Crippen LogP contribution in [-0.2, 0) is 39.2 Å². The molecule has 1 fully saturated rings. The first-order valence-corrected chi connectivity index (χ1v) is 16.9. The van der Waals surface area contributed by atoms with E-state index in [1.54, 1.807) is 48.5 Å². The molecular weight excluding hydrogens is 596 g/mol. The maximum Gasteiger partial charge on any atom is 0.261 e. The SMILES string of the molecule is O=S(=O)(Nc1cccc([C@@H]2O[C@H](CN(Cc3ccccc3)Cc3ccccc3)C[C@H](c3ccc(CO)cc3)O2)c1)c1ccccc1. The van der Waals surface area contributed by atoms with Crippen molar-refractivity contribution in [1.29, 1.82) is 0 Å². The molecule has 7 nitrogen and oxygen atoms in total. The second kappa shape index (κ2) is 14.9. The molecule has 236 valence electrons. The van der Waals surface area contributed by atoms with Crippen molar-refractivity contribution in [3.63, 3.8) is 0 Å². The summed E-state index contributed by atoms with van der Waals surface area (Å²) in [4.78, 5) is 2.59. The third-order valence-electron chi connectivity index (χ3n) is 8.04. The lowest BCUT2D eigenvalue weighted by molar-refractivity contribution is -0.253. The van der Waals surface area contributed by atoms with Gasteiger partial charge in [-0.05, 0) is 46.5 Å². The van der Waals surface area contributed by atoms with E-state index in [0.717, 1.165) is 24.2 Å². The highest BCUT2D eigenvalue weighted by atomic mass is 32.2. The Bertz CT molecular complexity index is 1740. The summed E-state index contributed by atoms with van der Waals surface area (Å²) in [6.07, 6.45) is -0.539. The third kappa shape index (κ3) is 8.28. The minimum absolute atomic E-state index is 0.0280. The summed E-state index contributed by atoms with van der Waals surface area (Å²) in [7, 11) is -3.77.